The summed E-state index contributed by atoms with van der Waals surface area (Å²) in [6.45, 7) is 7.83. The predicted octanol–water partition coefficient (Wildman–Crippen LogP) is 3.28. The van der Waals surface area contributed by atoms with Crippen molar-refractivity contribution in [3.05, 3.63) is 42.2 Å². The number of nitrogens with zero attached hydrogens (tertiary/aromatic N) is 3. The highest BCUT2D eigenvalue weighted by atomic mass is 16.5. The molecular formula is C21H30N4O2. The van der Waals surface area contributed by atoms with Crippen molar-refractivity contribution in [3.8, 4) is 11.5 Å². The molecule has 146 valence electrons. The molecule has 1 fully saturated rings. The Kier molecular flexibility index (Phi) is 6.87. The van der Waals surface area contributed by atoms with Crippen LogP contribution in [0.25, 0.3) is 0 Å². The molecule has 27 heavy (non-hydrogen) atoms. The van der Waals surface area contributed by atoms with E-state index in [9.17, 15) is 0 Å². The van der Waals surface area contributed by atoms with Gasteiger partial charge in [0.2, 0.25) is 5.95 Å². The van der Waals surface area contributed by atoms with Crippen molar-refractivity contribution in [2.45, 2.75) is 39.3 Å². The van der Waals surface area contributed by atoms with E-state index in [1.54, 1.807) is 7.11 Å². The highest BCUT2D eigenvalue weighted by Crippen LogP contribution is 2.19. The first kappa shape index (κ1) is 19.4. The van der Waals surface area contributed by atoms with Crippen molar-refractivity contribution < 1.29 is 9.47 Å². The molecule has 3 rings (SSSR count). The highest BCUT2D eigenvalue weighted by molar-refractivity contribution is 5.31. The average Bonchev–Trinajstić information content (AvgIpc) is 2.71. The van der Waals surface area contributed by atoms with Gasteiger partial charge in [-0.05, 0) is 49.9 Å². The van der Waals surface area contributed by atoms with Crippen molar-refractivity contribution in [1.29, 1.82) is 0 Å². The van der Waals surface area contributed by atoms with Gasteiger partial charge in [0.1, 0.15) is 18.1 Å². The molecule has 0 spiro atoms. The van der Waals surface area contributed by atoms with Gasteiger partial charge in [-0.15, -0.1) is 0 Å². The quantitative estimate of drug-likeness (QED) is 0.770. The zero-order valence-corrected chi connectivity index (χ0v) is 16.5. The van der Waals surface area contributed by atoms with Crippen LogP contribution in [0.4, 0.5) is 5.95 Å². The number of hydrogen-bond donors (Lipinski definition) is 1. The third-order valence-corrected chi connectivity index (χ3v) is 4.85. The third kappa shape index (κ3) is 5.82. The molecule has 0 aliphatic carbocycles. The summed E-state index contributed by atoms with van der Waals surface area (Å²) in [6, 6.07) is 7.85. The van der Waals surface area contributed by atoms with Gasteiger partial charge < -0.3 is 19.7 Å². The monoisotopic (exact) mass is 370 g/mol. The van der Waals surface area contributed by atoms with Crippen LogP contribution in [0.2, 0.25) is 0 Å². The summed E-state index contributed by atoms with van der Waals surface area (Å²) in [5.41, 5.74) is 1.08. The van der Waals surface area contributed by atoms with Crippen LogP contribution in [0.1, 0.15) is 32.3 Å². The van der Waals surface area contributed by atoms with E-state index in [4.69, 9.17) is 9.47 Å². The van der Waals surface area contributed by atoms with Crippen LogP contribution < -0.4 is 19.7 Å². The molecule has 1 aliphatic heterocycles. The van der Waals surface area contributed by atoms with Crippen LogP contribution in [-0.4, -0.2) is 42.8 Å². The number of rotatable bonds is 8. The van der Waals surface area contributed by atoms with Gasteiger partial charge in [-0.3, -0.25) is 0 Å². The SMILES string of the molecule is COc1ccc(OC[C@@H](C)NCc2cnc(N3CCC[C@H](C)C3)nc2)cc1. The fourth-order valence-corrected chi connectivity index (χ4v) is 3.22. The molecule has 0 saturated carbocycles. The van der Waals surface area contributed by atoms with E-state index in [1.807, 2.05) is 36.7 Å². The fourth-order valence-electron chi connectivity index (χ4n) is 3.22. The number of piperidine rings is 1. The molecule has 2 atom stereocenters. The predicted molar refractivity (Wildman–Crippen MR) is 107 cm³/mol. The second kappa shape index (κ2) is 9.55. The van der Waals surface area contributed by atoms with E-state index < -0.39 is 0 Å². The molecule has 2 aromatic rings. The fraction of sp³-hybridized carbons (Fsp3) is 0.524. The minimum atomic E-state index is 0.217. The van der Waals surface area contributed by atoms with Crippen LogP contribution in [0, 0.1) is 5.92 Å². The van der Waals surface area contributed by atoms with Gasteiger partial charge in [0.05, 0.1) is 7.11 Å². The Bertz CT molecular complexity index is 690. The van der Waals surface area contributed by atoms with E-state index in [-0.39, 0.29) is 6.04 Å². The molecule has 0 bridgehead atoms. The van der Waals surface area contributed by atoms with Gasteiger partial charge in [-0.2, -0.15) is 0 Å². The summed E-state index contributed by atoms with van der Waals surface area (Å²) >= 11 is 0. The minimum absolute atomic E-state index is 0.217. The zero-order chi connectivity index (χ0) is 19.1. The third-order valence-electron chi connectivity index (χ3n) is 4.85. The largest absolute Gasteiger partial charge is 0.497 e. The number of methoxy groups -OCH3 is 1. The second-order valence-corrected chi connectivity index (χ2v) is 7.35. The Hall–Kier alpha value is -2.34. The van der Waals surface area contributed by atoms with Gasteiger partial charge in [-0.1, -0.05) is 6.92 Å². The molecular weight excluding hydrogens is 340 g/mol. The van der Waals surface area contributed by atoms with E-state index in [2.05, 4.69) is 34.0 Å². The number of aromatic nitrogens is 2. The van der Waals surface area contributed by atoms with Gasteiger partial charge in [-0.25, -0.2) is 9.97 Å². The summed E-state index contributed by atoms with van der Waals surface area (Å²) in [4.78, 5) is 11.4. The molecule has 6 nitrogen and oxygen atoms in total. The van der Waals surface area contributed by atoms with E-state index in [0.29, 0.717) is 6.61 Å². The summed E-state index contributed by atoms with van der Waals surface area (Å²) < 4.78 is 11.0. The van der Waals surface area contributed by atoms with Gasteiger partial charge >= 0.3 is 0 Å². The normalized spacial score (nSPS) is 18.2. The van der Waals surface area contributed by atoms with Crippen LogP contribution in [0.3, 0.4) is 0 Å². The first-order chi connectivity index (χ1) is 13.1. The molecule has 6 heteroatoms. The zero-order valence-electron chi connectivity index (χ0n) is 16.5. The van der Waals surface area contributed by atoms with Crippen molar-refractivity contribution in [1.82, 2.24) is 15.3 Å². The molecule has 1 aromatic heterocycles. The summed E-state index contributed by atoms with van der Waals surface area (Å²) in [7, 11) is 1.66. The standard InChI is InChI=1S/C21H30N4O2/c1-16-5-4-10-25(14-16)21-23-12-18(13-24-21)11-22-17(2)15-27-20-8-6-19(26-3)7-9-20/h6-9,12-13,16-17,22H,4-5,10-11,14-15H2,1-3H3/t16-,17+/m0/s1. The van der Waals surface area contributed by atoms with Crippen LogP contribution in [0.15, 0.2) is 36.7 Å². The van der Waals surface area contributed by atoms with Crippen molar-refractivity contribution >= 4 is 5.95 Å². The van der Waals surface area contributed by atoms with Crippen LogP contribution in [-0.2, 0) is 6.54 Å². The molecule has 1 saturated heterocycles. The van der Waals surface area contributed by atoms with E-state index >= 15 is 0 Å². The Morgan fingerprint density at radius 2 is 1.89 bits per heavy atom. The van der Waals surface area contributed by atoms with Gasteiger partial charge in [0.25, 0.3) is 0 Å². The van der Waals surface area contributed by atoms with Crippen LogP contribution in [0.5, 0.6) is 11.5 Å². The lowest BCUT2D eigenvalue weighted by Crippen LogP contribution is -2.35. The first-order valence-electron chi connectivity index (χ1n) is 9.70. The van der Waals surface area contributed by atoms with Gasteiger partial charge in [0, 0.05) is 43.6 Å². The number of benzene rings is 1. The number of hydrogen-bond acceptors (Lipinski definition) is 6. The minimum Gasteiger partial charge on any atom is -0.497 e. The maximum absolute atomic E-state index is 5.81. The van der Waals surface area contributed by atoms with E-state index in [0.717, 1.165) is 48.6 Å². The van der Waals surface area contributed by atoms with Crippen molar-refractivity contribution in [3.63, 3.8) is 0 Å². The van der Waals surface area contributed by atoms with Gasteiger partial charge in [0.15, 0.2) is 0 Å². The lowest BCUT2D eigenvalue weighted by molar-refractivity contribution is 0.272. The molecule has 1 N–H and O–H groups in total. The topological polar surface area (TPSA) is 59.5 Å². The Morgan fingerprint density at radius 1 is 1.19 bits per heavy atom. The summed E-state index contributed by atoms with van der Waals surface area (Å²) in [6.07, 6.45) is 6.37. The Morgan fingerprint density at radius 3 is 2.56 bits per heavy atom. The maximum atomic E-state index is 5.81. The highest BCUT2D eigenvalue weighted by Gasteiger charge is 2.18. The number of nitrogens with one attached hydrogen (secondary N) is 1. The number of ether oxygens (including phenoxy) is 2. The first-order valence-corrected chi connectivity index (χ1v) is 9.70. The molecule has 2 heterocycles. The maximum Gasteiger partial charge on any atom is 0.225 e. The smallest absolute Gasteiger partial charge is 0.225 e. The second-order valence-electron chi connectivity index (χ2n) is 7.35. The van der Waals surface area contributed by atoms with Crippen LogP contribution >= 0.6 is 0 Å². The molecule has 1 aromatic carbocycles. The van der Waals surface area contributed by atoms with Crippen molar-refractivity contribution in [2.75, 3.05) is 31.7 Å². The number of anilines is 1. The molecule has 1 aliphatic rings. The lowest BCUT2D eigenvalue weighted by atomic mass is 10.0. The average molecular weight is 370 g/mol. The molecule has 0 amide bonds. The van der Waals surface area contributed by atoms with Crippen molar-refractivity contribution in [2.24, 2.45) is 5.92 Å². The molecule has 0 radical (unpaired) electrons. The lowest BCUT2D eigenvalue weighted by Gasteiger charge is -2.30. The Balaban J connectivity index is 1.42. The summed E-state index contributed by atoms with van der Waals surface area (Å²) in [5, 5.41) is 3.45. The molecule has 0 unspecified atom stereocenters. The summed E-state index contributed by atoms with van der Waals surface area (Å²) in [5.74, 6) is 3.24. The Labute approximate surface area is 161 Å². The van der Waals surface area contributed by atoms with E-state index in [1.165, 1.54) is 12.8 Å².